The van der Waals surface area contributed by atoms with E-state index in [4.69, 9.17) is 0 Å². The van der Waals surface area contributed by atoms with E-state index >= 15 is 0 Å². The first-order valence-corrected chi connectivity index (χ1v) is 9.60. The predicted molar refractivity (Wildman–Crippen MR) is 96.6 cm³/mol. The Morgan fingerprint density at radius 2 is 1.86 bits per heavy atom. The Kier molecular flexibility index (Phi) is 3.41. The second-order valence-electron chi connectivity index (χ2n) is 7.33. The van der Waals surface area contributed by atoms with Gasteiger partial charge in [0.1, 0.15) is 0 Å². The first kappa shape index (κ1) is 14.5. The van der Waals surface area contributed by atoms with Crippen LogP contribution in [-0.4, -0.2) is 10.2 Å². The molecule has 1 aromatic rings. The molecule has 4 heteroatoms. The van der Waals surface area contributed by atoms with Gasteiger partial charge in [-0.25, -0.2) is 0 Å². The molecular weight excluding hydrogens is 441 g/mol. The smallest absolute Gasteiger partial charge is 0.230 e. The first-order chi connectivity index (χ1) is 9.98. The van der Waals surface area contributed by atoms with Gasteiger partial charge in [0, 0.05) is 7.89 Å². The maximum Gasteiger partial charge on any atom is 0.230 e. The van der Waals surface area contributed by atoms with Crippen LogP contribution in [-0.2, 0) is 4.79 Å². The molecule has 2 unspecified atom stereocenters. The van der Waals surface area contributed by atoms with Crippen molar-refractivity contribution in [2.75, 3.05) is 5.32 Å². The minimum absolute atomic E-state index is 0.132. The number of amides is 1. The van der Waals surface area contributed by atoms with Gasteiger partial charge in [0.05, 0.1) is 11.1 Å². The number of halogens is 2. The van der Waals surface area contributed by atoms with E-state index in [-0.39, 0.29) is 15.6 Å². The number of carbonyl (C=O) groups excluding carboxylic acids is 1. The Balaban J connectivity index is 1.61. The molecule has 4 fully saturated rings. The zero-order chi connectivity index (χ0) is 14.7. The molecule has 0 aromatic heterocycles. The average molecular weight is 460 g/mol. The largest absolute Gasteiger partial charge is 0.325 e. The number of anilines is 1. The molecule has 4 aliphatic carbocycles. The summed E-state index contributed by atoms with van der Waals surface area (Å²) in [6.07, 6.45) is 7.06. The van der Waals surface area contributed by atoms with E-state index in [1.54, 1.807) is 0 Å². The van der Waals surface area contributed by atoms with Crippen molar-refractivity contribution < 1.29 is 4.79 Å². The summed E-state index contributed by atoms with van der Waals surface area (Å²) >= 11 is 6.27. The molecule has 0 radical (unpaired) electrons. The third-order valence-electron chi connectivity index (χ3n) is 5.59. The van der Waals surface area contributed by atoms with E-state index in [1.165, 1.54) is 19.3 Å². The molecule has 21 heavy (non-hydrogen) atoms. The lowest BCUT2D eigenvalue weighted by molar-refractivity contribution is -0.138. The summed E-state index contributed by atoms with van der Waals surface area (Å²) in [5.41, 5.74) is 0.828. The summed E-state index contributed by atoms with van der Waals surface area (Å²) in [4.78, 5) is 13.0. The molecule has 4 saturated carbocycles. The van der Waals surface area contributed by atoms with Crippen molar-refractivity contribution in [3.63, 3.8) is 0 Å². The topological polar surface area (TPSA) is 29.1 Å². The minimum Gasteiger partial charge on any atom is -0.325 e. The van der Waals surface area contributed by atoms with Crippen molar-refractivity contribution in [3.05, 3.63) is 27.8 Å². The van der Waals surface area contributed by atoms with Crippen molar-refractivity contribution in [1.82, 2.24) is 0 Å². The Labute approximate surface area is 147 Å². The maximum atomic E-state index is 13.0. The third kappa shape index (κ3) is 2.46. The molecule has 0 aliphatic heterocycles. The number of hydrogen-bond acceptors (Lipinski definition) is 1. The molecular formula is C17H19BrINO. The number of hydrogen-bond donors (Lipinski definition) is 1. The van der Waals surface area contributed by atoms with E-state index in [0.717, 1.165) is 40.4 Å². The zero-order valence-electron chi connectivity index (χ0n) is 11.9. The van der Waals surface area contributed by atoms with Gasteiger partial charge in [0.15, 0.2) is 0 Å². The molecule has 0 heterocycles. The predicted octanol–water partition coefficient (Wildman–Crippen LogP) is 4.96. The SMILES string of the molecule is O=C(Nc1ccccc1I)C12CC3CC(CC(Br)(C3)C1)C2. The van der Waals surface area contributed by atoms with Crippen LogP contribution in [0.3, 0.4) is 0 Å². The molecule has 1 N–H and O–H groups in total. The van der Waals surface area contributed by atoms with Crippen LogP contribution in [0.4, 0.5) is 5.69 Å². The second kappa shape index (κ2) is 4.95. The molecule has 1 aromatic carbocycles. The number of rotatable bonds is 2. The molecule has 1 amide bonds. The van der Waals surface area contributed by atoms with Crippen LogP contribution in [0.15, 0.2) is 24.3 Å². The number of para-hydroxylation sites is 1. The Morgan fingerprint density at radius 3 is 2.48 bits per heavy atom. The number of benzene rings is 1. The van der Waals surface area contributed by atoms with Crippen LogP contribution in [0.25, 0.3) is 0 Å². The fourth-order valence-corrected chi connectivity index (χ4v) is 7.21. The van der Waals surface area contributed by atoms with Crippen LogP contribution < -0.4 is 5.32 Å². The Morgan fingerprint density at radius 1 is 1.19 bits per heavy atom. The summed E-state index contributed by atoms with van der Waals surface area (Å²) < 4.78 is 1.35. The molecule has 0 spiro atoms. The van der Waals surface area contributed by atoms with Gasteiger partial charge in [0.25, 0.3) is 0 Å². The summed E-state index contributed by atoms with van der Waals surface area (Å²) in [6.45, 7) is 0. The van der Waals surface area contributed by atoms with Crippen molar-refractivity contribution in [3.8, 4) is 0 Å². The zero-order valence-corrected chi connectivity index (χ0v) is 15.6. The molecule has 0 saturated heterocycles. The number of carbonyl (C=O) groups is 1. The average Bonchev–Trinajstić information content (AvgIpc) is 2.38. The van der Waals surface area contributed by atoms with E-state index in [2.05, 4.69) is 43.8 Å². The maximum absolute atomic E-state index is 13.0. The lowest BCUT2D eigenvalue weighted by atomic mass is 9.49. The van der Waals surface area contributed by atoms with Gasteiger partial charge >= 0.3 is 0 Å². The molecule has 4 aliphatic rings. The monoisotopic (exact) mass is 459 g/mol. The summed E-state index contributed by atoms with van der Waals surface area (Å²) in [5, 5.41) is 3.22. The highest BCUT2D eigenvalue weighted by molar-refractivity contribution is 14.1. The summed E-state index contributed by atoms with van der Waals surface area (Å²) in [5.74, 6) is 1.74. The highest BCUT2D eigenvalue weighted by atomic mass is 127. The fourth-order valence-electron chi connectivity index (χ4n) is 5.23. The Hall–Kier alpha value is -0.100. The van der Waals surface area contributed by atoms with Gasteiger partial charge in [0.2, 0.25) is 5.91 Å². The van der Waals surface area contributed by atoms with Gasteiger partial charge in [-0.1, -0.05) is 28.1 Å². The standard InChI is InChI=1S/C17H19BrINO/c18-17-8-11-5-12(9-17)7-16(6-11,10-17)15(21)20-14-4-2-1-3-13(14)19/h1-4,11-12H,5-10H2,(H,20,21). The van der Waals surface area contributed by atoms with E-state index in [1.807, 2.05) is 24.3 Å². The molecule has 2 atom stereocenters. The molecule has 4 bridgehead atoms. The lowest BCUT2D eigenvalue weighted by Crippen LogP contribution is -2.57. The quantitative estimate of drug-likeness (QED) is 0.491. The van der Waals surface area contributed by atoms with E-state index < -0.39 is 0 Å². The molecule has 5 rings (SSSR count). The summed E-state index contributed by atoms with van der Waals surface area (Å²) in [7, 11) is 0. The van der Waals surface area contributed by atoms with Gasteiger partial charge in [-0.2, -0.15) is 0 Å². The highest BCUT2D eigenvalue weighted by Crippen LogP contribution is 2.64. The lowest BCUT2D eigenvalue weighted by Gasteiger charge is -2.59. The van der Waals surface area contributed by atoms with Gasteiger partial charge in [-0.3, -0.25) is 4.79 Å². The normalized spacial score (nSPS) is 40.3. The fraction of sp³-hybridized carbons (Fsp3) is 0.588. The highest BCUT2D eigenvalue weighted by Gasteiger charge is 2.59. The Bertz CT molecular complexity index is 588. The van der Waals surface area contributed by atoms with Crippen molar-refractivity contribution >= 4 is 50.1 Å². The van der Waals surface area contributed by atoms with Crippen LogP contribution in [0.2, 0.25) is 0 Å². The van der Waals surface area contributed by atoms with Crippen LogP contribution in [0, 0.1) is 20.8 Å². The third-order valence-corrected chi connectivity index (χ3v) is 7.46. The number of alkyl halides is 1. The second-order valence-corrected chi connectivity index (χ2v) is 10.2. The van der Waals surface area contributed by atoms with Crippen LogP contribution in [0.5, 0.6) is 0 Å². The van der Waals surface area contributed by atoms with Crippen molar-refractivity contribution in [1.29, 1.82) is 0 Å². The van der Waals surface area contributed by atoms with Gasteiger partial charge in [-0.15, -0.1) is 0 Å². The minimum atomic E-state index is -0.132. The van der Waals surface area contributed by atoms with Crippen molar-refractivity contribution in [2.24, 2.45) is 17.3 Å². The molecule has 112 valence electrons. The van der Waals surface area contributed by atoms with Crippen molar-refractivity contribution in [2.45, 2.75) is 42.8 Å². The number of nitrogens with one attached hydrogen (secondary N) is 1. The summed E-state index contributed by atoms with van der Waals surface area (Å²) in [6, 6.07) is 8.05. The molecule has 2 nitrogen and oxygen atoms in total. The van der Waals surface area contributed by atoms with Gasteiger partial charge in [-0.05, 0) is 85.1 Å². The first-order valence-electron chi connectivity index (χ1n) is 7.73. The van der Waals surface area contributed by atoms with E-state index in [0.29, 0.717) is 0 Å². The van der Waals surface area contributed by atoms with Gasteiger partial charge < -0.3 is 5.32 Å². The van der Waals surface area contributed by atoms with Crippen LogP contribution >= 0.6 is 38.5 Å². The van der Waals surface area contributed by atoms with Crippen LogP contribution in [0.1, 0.15) is 38.5 Å². The van der Waals surface area contributed by atoms with E-state index in [9.17, 15) is 4.79 Å².